The van der Waals surface area contributed by atoms with E-state index in [0.29, 0.717) is 0 Å². The molecule has 5 rings (SSSR count). The topological polar surface area (TPSA) is 41.9 Å². The highest BCUT2D eigenvalue weighted by molar-refractivity contribution is 7.13. The van der Waals surface area contributed by atoms with Crippen LogP contribution in [0, 0.1) is 0 Å². The van der Waals surface area contributed by atoms with Crippen molar-refractivity contribution in [2.24, 2.45) is 0 Å². The predicted molar refractivity (Wildman–Crippen MR) is 118 cm³/mol. The van der Waals surface area contributed by atoms with Gasteiger partial charge in [-0.25, -0.2) is 9.97 Å². The molecule has 1 aromatic carbocycles. The van der Waals surface area contributed by atoms with Gasteiger partial charge in [-0.3, -0.25) is 9.88 Å². The molecule has 0 saturated carbocycles. The molecule has 4 nitrogen and oxygen atoms in total. The van der Waals surface area contributed by atoms with Crippen LogP contribution < -0.4 is 0 Å². The molecule has 4 aromatic rings. The maximum absolute atomic E-state index is 6.29. The highest BCUT2D eigenvalue weighted by Gasteiger charge is 2.19. The van der Waals surface area contributed by atoms with E-state index >= 15 is 0 Å². The molecule has 0 fully saturated rings. The van der Waals surface area contributed by atoms with E-state index in [0.717, 1.165) is 53.0 Å². The Morgan fingerprint density at radius 1 is 1.00 bits per heavy atom. The van der Waals surface area contributed by atoms with Crippen molar-refractivity contribution in [2.75, 3.05) is 6.54 Å². The fraction of sp³-hybridized carbons (Fsp3) is 0.174. The van der Waals surface area contributed by atoms with Gasteiger partial charge >= 0.3 is 0 Å². The van der Waals surface area contributed by atoms with Crippen molar-refractivity contribution in [3.63, 3.8) is 0 Å². The maximum atomic E-state index is 6.29. The summed E-state index contributed by atoms with van der Waals surface area (Å²) < 4.78 is 0. The zero-order valence-corrected chi connectivity index (χ0v) is 17.3. The number of hydrogen-bond acceptors (Lipinski definition) is 5. The van der Waals surface area contributed by atoms with Crippen LogP contribution in [0.1, 0.15) is 16.8 Å². The van der Waals surface area contributed by atoms with Crippen molar-refractivity contribution in [3.8, 4) is 22.0 Å². The second-order valence-corrected chi connectivity index (χ2v) is 8.49. The number of hydrogen-bond donors (Lipinski definition) is 0. The van der Waals surface area contributed by atoms with E-state index in [9.17, 15) is 0 Å². The van der Waals surface area contributed by atoms with Gasteiger partial charge in [-0.2, -0.15) is 0 Å². The summed E-state index contributed by atoms with van der Waals surface area (Å²) in [6.45, 7) is 2.72. The molecule has 0 N–H and O–H groups in total. The van der Waals surface area contributed by atoms with E-state index in [1.807, 2.05) is 48.8 Å². The van der Waals surface area contributed by atoms with E-state index in [1.54, 1.807) is 11.3 Å². The van der Waals surface area contributed by atoms with Crippen LogP contribution in [0.15, 0.2) is 66.3 Å². The predicted octanol–water partition coefficient (Wildman–Crippen LogP) is 5.48. The fourth-order valence-electron chi connectivity index (χ4n) is 3.64. The zero-order valence-electron chi connectivity index (χ0n) is 15.8. The average molecular weight is 419 g/mol. The first-order chi connectivity index (χ1) is 14.3. The monoisotopic (exact) mass is 418 g/mol. The molecule has 0 saturated heterocycles. The number of benzene rings is 1. The van der Waals surface area contributed by atoms with Crippen LogP contribution in [0.25, 0.3) is 22.0 Å². The molecule has 3 aromatic heterocycles. The molecule has 0 amide bonds. The van der Waals surface area contributed by atoms with Gasteiger partial charge in [0.1, 0.15) is 0 Å². The molecule has 0 radical (unpaired) electrons. The number of fused-ring (bicyclic) bond motifs is 1. The third-order valence-electron chi connectivity index (χ3n) is 5.14. The molecule has 0 spiro atoms. The van der Waals surface area contributed by atoms with Gasteiger partial charge in [-0.05, 0) is 29.1 Å². The minimum atomic E-state index is 0.724. The summed E-state index contributed by atoms with van der Waals surface area (Å²) in [6, 6.07) is 16.1. The molecule has 29 heavy (non-hydrogen) atoms. The van der Waals surface area contributed by atoms with Crippen molar-refractivity contribution in [1.29, 1.82) is 0 Å². The fourth-order valence-corrected chi connectivity index (χ4v) is 4.54. The normalized spacial score (nSPS) is 14.0. The number of thiophene rings is 1. The average Bonchev–Trinajstić information content (AvgIpc) is 3.29. The molecule has 0 atom stereocenters. The van der Waals surface area contributed by atoms with E-state index in [4.69, 9.17) is 16.6 Å². The standard InChI is InChI=1S/C23H19ClN4S/c24-19-5-2-1-4-18(19)21-8-7-16(12-25-21)14-28-10-9-20-17(15-28)13-26-23(27-20)22-6-3-11-29-22/h1-8,11-13H,9-10,14-15H2. The number of aromatic nitrogens is 3. The van der Waals surface area contributed by atoms with Crippen LogP contribution in [-0.4, -0.2) is 26.4 Å². The summed E-state index contributed by atoms with van der Waals surface area (Å²) in [4.78, 5) is 17.5. The molecule has 4 heterocycles. The van der Waals surface area contributed by atoms with E-state index in [2.05, 4.69) is 32.4 Å². The number of nitrogens with zero attached hydrogens (tertiary/aromatic N) is 4. The summed E-state index contributed by atoms with van der Waals surface area (Å²) >= 11 is 7.97. The Hall–Kier alpha value is -2.60. The lowest BCUT2D eigenvalue weighted by Crippen LogP contribution is -2.31. The van der Waals surface area contributed by atoms with Crippen LogP contribution in [0.5, 0.6) is 0 Å². The Kier molecular flexibility index (Phi) is 5.10. The van der Waals surface area contributed by atoms with E-state index in [1.165, 1.54) is 16.8 Å². The lowest BCUT2D eigenvalue weighted by molar-refractivity contribution is 0.242. The molecule has 6 heteroatoms. The first-order valence-electron chi connectivity index (χ1n) is 9.57. The van der Waals surface area contributed by atoms with Gasteiger partial charge in [0, 0.05) is 54.6 Å². The molecule has 0 unspecified atom stereocenters. The Labute approximate surface area is 178 Å². The van der Waals surface area contributed by atoms with Crippen LogP contribution in [-0.2, 0) is 19.5 Å². The largest absolute Gasteiger partial charge is 0.294 e. The van der Waals surface area contributed by atoms with Crippen LogP contribution in [0.3, 0.4) is 0 Å². The van der Waals surface area contributed by atoms with Crippen molar-refractivity contribution in [1.82, 2.24) is 19.9 Å². The molecule has 1 aliphatic rings. The van der Waals surface area contributed by atoms with Crippen molar-refractivity contribution in [3.05, 3.63) is 88.1 Å². The van der Waals surface area contributed by atoms with Gasteiger partial charge in [0.2, 0.25) is 0 Å². The molecular weight excluding hydrogens is 400 g/mol. The first-order valence-corrected chi connectivity index (χ1v) is 10.8. The smallest absolute Gasteiger partial charge is 0.169 e. The highest BCUT2D eigenvalue weighted by Crippen LogP contribution is 2.27. The minimum Gasteiger partial charge on any atom is -0.294 e. The number of halogens is 1. The van der Waals surface area contributed by atoms with Gasteiger partial charge in [0.15, 0.2) is 5.82 Å². The van der Waals surface area contributed by atoms with Crippen molar-refractivity contribution in [2.45, 2.75) is 19.5 Å². The third kappa shape index (κ3) is 3.94. The molecule has 0 bridgehead atoms. The third-order valence-corrected chi connectivity index (χ3v) is 6.33. The molecule has 1 aliphatic heterocycles. The molecule has 144 valence electrons. The zero-order chi connectivity index (χ0) is 19.6. The minimum absolute atomic E-state index is 0.724. The summed E-state index contributed by atoms with van der Waals surface area (Å²) in [5.41, 5.74) is 5.45. The summed E-state index contributed by atoms with van der Waals surface area (Å²) in [6.07, 6.45) is 4.88. The highest BCUT2D eigenvalue weighted by atomic mass is 35.5. The Morgan fingerprint density at radius 3 is 2.72 bits per heavy atom. The Balaban J connectivity index is 1.28. The van der Waals surface area contributed by atoms with Gasteiger partial charge in [0.05, 0.1) is 16.3 Å². The summed E-state index contributed by atoms with van der Waals surface area (Å²) in [5, 5.41) is 2.78. The maximum Gasteiger partial charge on any atom is 0.169 e. The molecular formula is C23H19ClN4S. The van der Waals surface area contributed by atoms with Gasteiger partial charge in [0.25, 0.3) is 0 Å². The molecule has 0 aliphatic carbocycles. The Morgan fingerprint density at radius 2 is 1.93 bits per heavy atom. The SMILES string of the molecule is Clc1ccccc1-c1ccc(CN2CCc3nc(-c4cccs4)ncc3C2)cn1. The van der Waals surface area contributed by atoms with Gasteiger partial charge in [-0.1, -0.05) is 41.9 Å². The van der Waals surface area contributed by atoms with Crippen molar-refractivity contribution >= 4 is 22.9 Å². The quantitative estimate of drug-likeness (QED) is 0.440. The lowest BCUT2D eigenvalue weighted by atomic mass is 10.1. The number of pyridine rings is 1. The summed E-state index contributed by atoms with van der Waals surface area (Å²) in [7, 11) is 0. The number of rotatable bonds is 4. The Bertz CT molecular complexity index is 1130. The second-order valence-electron chi connectivity index (χ2n) is 7.14. The van der Waals surface area contributed by atoms with Crippen molar-refractivity contribution < 1.29 is 0 Å². The van der Waals surface area contributed by atoms with Gasteiger partial charge in [-0.15, -0.1) is 11.3 Å². The summed E-state index contributed by atoms with van der Waals surface area (Å²) in [5.74, 6) is 0.839. The first kappa shape index (κ1) is 18.4. The van der Waals surface area contributed by atoms with E-state index < -0.39 is 0 Å². The van der Waals surface area contributed by atoms with Gasteiger partial charge < -0.3 is 0 Å². The lowest BCUT2D eigenvalue weighted by Gasteiger charge is -2.28. The van der Waals surface area contributed by atoms with Crippen LogP contribution in [0.2, 0.25) is 5.02 Å². The van der Waals surface area contributed by atoms with E-state index in [-0.39, 0.29) is 0 Å². The van der Waals surface area contributed by atoms with Crippen LogP contribution in [0.4, 0.5) is 0 Å². The second kappa shape index (κ2) is 8.03. The van der Waals surface area contributed by atoms with Crippen LogP contribution >= 0.6 is 22.9 Å².